The SMILES string of the molecule is CC1CN(CC2CCN(C(=O)C3CC(=O)N(c4ccc(F)cc4F)C3)CC2)CC(C)O1. The topological polar surface area (TPSA) is 53.1 Å². The molecule has 1 aromatic carbocycles. The van der Waals surface area contributed by atoms with Crippen LogP contribution < -0.4 is 4.90 Å². The second-order valence-corrected chi connectivity index (χ2v) is 9.25. The highest BCUT2D eigenvalue weighted by Gasteiger charge is 2.39. The van der Waals surface area contributed by atoms with Crippen LogP contribution in [0.2, 0.25) is 0 Å². The number of anilines is 1. The van der Waals surface area contributed by atoms with E-state index in [4.69, 9.17) is 4.74 Å². The summed E-state index contributed by atoms with van der Waals surface area (Å²) in [6, 6.07) is 3.15. The third-order valence-electron chi connectivity index (χ3n) is 6.61. The van der Waals surface area contributed by atoms with Gasteiger partial charge < -0.3 is 14.5 Å². The van der Waals surface area contributed by atoms with Crippen molar-refractivity contribution >= 4 is 17.5 Å². The van der Waals surface area contributed by atoms with Crippen LogP contribution in [0.5, 0.6) is 0 Å². The third kappa shape index (κ3) is 5.06. The van der Waals surface area contributed by atoms with Crippen LogP contribution >= 0.6 is 0 Å². The monoisotopic (exact) mass is 435 g/mol. The molecule has 3 unspecified atom stereocenters. The zero-order valence-corrected chi connectivity index (χ0v) is 18.2. The van der Waals surface area contributed by atoms with E-state index >= 15 is 0 Å². The van der Waals surface area contributed by atoms with Crippen LogP contribution in [0.15, 0.2) is 18.2 Å². The molecule has 0 aromatic heterocycles. The van der Waals surface area contributed by atoms with Crippen LogP contribution in [-0.4, -0.2) is 73.1 Å². The van der Waals surface area contributed by atoms with Crippen molar-refractivity contribution in [1.29, 1.82) is 0 Å². The number of morpholine rings is 1. The molecule has 31 heavy (non-hydrogen) atoms. The van der Waals surface area contributed by atoms with Gasteiger partial charge in [0, 0.05) is 51.8 Å². The Balaban J connectivity index is 1.29. The van der Waals surface area contributed by atoms with E-state index in [0.717, 1.165) is 44.6 Å². The summed E-state index contributed by atoms with van der Waals surface area (Å²) in [5.41, 5.74) is 0.0365. The van der Waals surface area contributed by atoms with E-state index in [2.05, 4.69) is 18.7 Å². The lowest BCUT2D eigenvalue weighted by atomic mass is 9.94. The first-order chi connectivity index (χ1) is 14.8. The van der Waals surface area contributed by atoms with Gasteiger partial charge in [0.2, 0.25) is 11.8 Å². The number of ether oxygens (including phenoxy) is 1. The summed E-state index contributed by atoms with van der Waals surface area (Å²) in [7, 11) is 0. The van der Waals surface area contributed by atoms with Crippen LogP contribution in [0.1, 0.15) is 33.1 Å². The predicted molar refractivity (Wildman–Crippen MR) is 113 cm³/mol. The van der Waals surface area contributed by atoms with Gasteiger partial charge in [-0.05, 0) is 44.7 Å². The molecule has 0 bridgehead atoms. The molecule has 2 amide bonds. The smallest absolute Gasteiger partial charge is 0.228 e. The molecule has 6 nitrogen and oxygen atoms in total. The van der Waals surface area contributed by atoms with Gasteiger partial charge in [-0.3, -0.25) is 14.5 Å². The quantitative estimate of drug-likeness (QED) is 0.730. The zero-order chi connectivity index (χ0) is 22.1. The standard InChI is InChI=1S/C23H31F2N3O3/c1-15-11-26(12-16(2)31-15)13-17-5-7-27(8-6-17)23(30)18-9-22(29)28(14-18)21-4-3-19(24)10-20(21)25/h3-4,10,15-18H,5-9,11-14H2,1-2H3. The van der Waals surface area contributed by atoms with Crippen molar-refractivity contribution in [2.75, 3.05) is 44.2 Å². The fourth-order valence-corrected chi connectivity index (χ4v) is 5.20. The number of amides is 2. The molecule has 0 radical (unpaired) electrons. The number of carbonyl (C=O) groups is 2. The predicted octanol–water partition coefficient (Wildman–Crippen LogP) is 2.67. The maximum absolute atomic E-state index is 14.1. The largest absolute Gasteiger partial charge is 0.373 e. The van der Waals surface area contributed by atoms with E-state index in [-0.39, 0.29) is 42.7 Å². The third-order valence-corrected chi connectivity index (χ3v) is 6.61. The van der Waals surface area contributed by atoms with Gasteiger partial charge in [0.15, 0.2) is 0 Å². The molecule has 3 aliphatic rings. The van der Waals surface area contributed by atoms with E-state index in [0.29, 0.717) is 19.0 Å². The summed E-state index contributed by atoms with van der Waals surface area (Å²) in [5, 5.41) is 0. The van der Waals surface area contributed by atoms with Crippen molar-refractivity contribution in [3.63, 3.8) is 0 Å². The lowest BCUT2D eigenvalue weighted by Crippen LogP contribution is -2.49. The van der Waals surface area contributed by atoms with E-state index < -0.39 is 17.6 Å². The molecule has 3 aliphatic heterocycles. The van der Waals surface area contributed by atoms with Crippen LogP contribution in [0.4, 0.5) is 14.5 Å². The average molecular weight is 436 g/mol. The first-order valence-electron chi connectivity index (χ1n) is 11.2. The van der Waals surface area contributed by atoms with Gasteiger partial charge in [0.25, 0.3) is 0 Å². The molecule has 170 valence electrons. The molecule has 3 atom stereocenters. The number of likely N-dealkylation sites (tertiary alicyclic amines) is 1. The summed E-state index contributed by atoms with van der Waals surface area (Å²) < 4.78 is 33.1. The van der Waals surface area contributed by atoms with Gasteiger partial charge in [0.05, 0.1) is 23.8 Å². The summed E-state index contributed by atoms with van der Waals surface area (Å²) in [6.07, 6.45) is 2.46. The highest BCUT2D eigenvalue weighted by Crippen LogP contribution is 2.30. The normalized spacial score (nSPS) is 28.4. The van der Waals surface area contributed by atoms with Gasteiger partial charge >= 0.3 is 0 Å². The van der Waals surface area contributed by atoms with Gasteiger partial charge in [-0.1, -0.05) is 0 Å². The van der Waals surface area contributed by atoms with E-state index in [9.17, 15) is 18.4 Å². The first kappa shape index (κ1) is 22.1. The highest BCUT2D eigenvalue weighted by molar-refractivity contribution is 6.00. The number of nitrogens with zero attached hydrogens (tertiary/aromatic N) is 3. The Labute approximate surface area is 182 Å². The van der Waals surface area contributed by atoms with Crippen LogP contribution in [0.25, 0.3) is 0 Å². The molecule has 8 heteroatoms. The molecule has 0 N–H and O–H groups in total. The Hall–Kier alpha value is -2.06. The Morgan fingerprint density at radius 2 is 1.77 bits per heavy atom. The molecule has 0 spiro atoms. The minimum Gasteiger partial charge on any atom is -0.373 e. The number of piperidine rings is 1. The molecule has 0 aliphatic carbocycles. The summed E-state index contributed by atoms with van der Waals surface area (Å²) in [5.74, 6) is -1.73. The molecule has 1 aromatic rings. The number of hydrogen-bond donors (Lipinski definition) is 0. The molecule has 0 saturated carbocycles. The van der Waals surface area contributed by atoms with Gasteiger partial charge in [-0.15, -0.1) is 0 Å². The van der Waals surface area contributed by atoms with Crippen LogP contribution in [0.3, 0.4) is 0 Å². The lowest BCUT2D eigenvalue weighted by Gasteiger charge is -2.39. The fourth-order valence-electron chi connectivity index (χ4n) is 5.20. The van der Waals surface area contributed by atoms with Gasteiger partial charge in [0.1, 0.15) is 11.6 Å². The maximum atomic E-state index is 14.1. The first-order valence-corrected chi connectivity index (χ1v) is 11.2. The molecule has 3 heterocycles. The van der Waals surface area contributed by atoms with Crippen molar-refractivity contribution in [2.45, 2.75) is 45.3 Å². The van der Waals surface area contributed by atoms with E-state index in [1.807, 2.05) is 4.90 Å². The molecule has 3 saturated heterocycles. The van der Waals surface area contributed by atoms with E-state index in [1.165, 1.54) is 11.0 Å². The molecular formula is C23H31F2N3O3. The summed E-state index contributed by atoms with van der Waals surface area (Å²) in [6.45, 7) is 8.65. The maximum Gasteiger partial charge on any atom is 0.228 e. The summed E-state index contributed by atoms with van der Waals surface area (Å²) >= 11 is 0. The van der Waals surface area contributed by atoms with Crippen LogP contribution in [-0.2, 0) is 14.3 Å². The number of benzene rings is 1. The zero-order valence-electron chi connectivity index (χ0n) is 18.2. The minimum atomic E-state index is -0.783. The van der Waals surface area contributed by atoms with Crippen molar-refractivity contribution in [2.24, 2.45) is 11.8 Å². The number of hydrogen-bond acceptors (Lipinski definition) is 4. The van der Waals surface area contributed by atoms with Gasteiger partial charge in [-0.25, -0.2) is 8.78 Å². The second kappa shape index (κ2) is 9.20. The molecule has 4 rings (SSSR count). The van der Waals surface area contributed by atoms with Gasteiger partial charge in [-0.2, -0.15) is 0 Å². The Bertz CT molecular complexity index is 818. The minimum absolute atomic E-state index is 0.0365. The highest BCUT2D eigenvalue weighted by atomic mass is 19.1. The molecule has 3 fully saturated rings. The summed E-state index contributed by atoms with van der Waals surface area (Å²) in [4.78, 5) is 31.0. The average Bonchev–Trinajstić information content (AvgIpc) is 3.09. The second-order valence-electron chi connectivity index (χ2n) is 9.25. The number of carbonyl (C=O) groups excluding carboxylic acids is 2. The van der Waals surface area contributed by atoms with Crippen LogP contribution in [0, 0.1) is 23.5 Å². The Kier molecular flexibility index (Phi) is 6.57. The van der Waals surface area contributed by atoms with Crippen molar-refractivity contribution in [1.82, 2.24) is 9.80 Å². The van der Waals surface area contributed by atoms with Crippen molar-refractivity contribution in [3.05, 3.63) is 29.8 Å². The lowest BCUT2D eigenvalue weighted by molar-refractivity contribution is -0.137. The van der Waals surface area contributed by atoms with Crippen molar-refractivity contribution < 1.29 is 23.1 Å². The number of rotatable bonds is 4. The fraction of sp³-hybridized carbons (Fsp3) is 0.652. The van der Waals surface area contributed by atoms with Crippen molar-refractivity contribution in [3.8, 4) is 0 Å². The number of halogens is 2. The van der Waals surface area contributed by atoms with E-state index in [1.54, 1.807) is 0 Å². The Morgan fingerprint density at radius 1 is 1.10 bits per heavy atom. The Morgan fingerprint density at radius 3 is 2.42 bits per heavy atom. The molecular weight excluding hydrogens is 404 g/mol.